The number of esters is 1. The molecule has 21 heavy (non-hydrogen) atoms. The van der Waals surface area contributed by atoms with Crippen LogP contribution in [0.1, 0.15) is 49.4 Å². The number of carbonyl (C=O) groups excluding carboxylic acids is 1. The van der Waals surface area contributed by atoms with Gasteiger partial charge in [0.2, 0.25) is 0 Å². The van der Waals surface area contributed by atoms with E-state index in [0.717, 1.165) is 0 Å². The molecule has 1 aromatic rings. The summed E-state index contributed by atoms with van der Waals surface area (Å²) in [6.45, 7) is 8.86. The van der Waals surface area contributed by atoms with Crippen LogP contribution in [0.3, 0.4) is 0 Å². The summed E-state index contributed by atoms with van der Waals surface area (Å²) >= 11 is 6.33. The molecule has 0 aliphatic carbocycles. The van der Waals surface area contributed by atoms with Crippen LogP contribution >= 0.6 is 11.6 Å². The molecule has 0 spiro atoms. The summed E-state index contributed by atoms with van der Waals surface area (Å²) in [5.74, 6) is -0.555. The number of carbonyl (C=O) groups is 1. The first-order valence-corrected chi connectivity index (χ1v) is 6.82. The molecule has 0 aliphatic heterocycles. The van der Waals surface area contributed by atoms with Crippen LogP contribution in [0.4, 0.5) is 0 Å². The van der Waals surface area contributed by atoms with E-state index in [4.69, 9.17) is 26.3 Å². The Bertz CT molecular complexity index is 600. The van der Waals surface area contributed by atoms with Crippen molar-refractivity contribution in [1.82, 2.24) is 4.98 Å². The smallest absolute Gasteiger partial charge is 0.339 e. The molecule has 1 heterocycles. The molecule has 0 radical (unpaired) electrons. The molecular formula is C15H19ClN2O3. The molecule has 0 fully saturated rings. The van der Waals surface area contributed by atoms with E-state index in [1.807, 2.05) is 26.8 Å². The first kappa shape index (κ1) is 17.4. The third kappa shape index (κ3) is 3.93. The molecule has 0 unspecified atom stereocenters. The molecule has 0 bridgehead atoms. The van der Waals surface area contributed by atoms with Crippen molar-refractivity contribution in [2.45, 2.75) is 46.3 Å². The summed E-state index contributed by atoms with van der Waals surface area (Å²) in [5.41, 5.74) is 1.10. The first-order valence-electron chi connectivity index (χ1n) is 6.44. The maximum absolute atomic E-state index is 12.1. The number of aromatic nitrogens is 1. The number of pyridine rings is 1. The van der Waals surface area contributed by atoms with Gasteiger partial charge in [-0.3, -0.25) is 0 Å². The normalized spacial score (nSPS) is 12.7. The number of aryl methyl sites for hydroxylation is 1. The molecule has 1 aromatic heterocycles. The zero-order valence-electron chi connectivity index (χ0n) is 13.1. The van der Waals surface area contributed by atoms with Crippen LogP contribution < -0.4 is 0 Å². The van der Waals surface area contributed by atoms with Gasteiger partial charge in [-0.1, -0.05) is 11.6 Å². The number of nitriles is 1. The van der Waals surface area contributed by atoms with Gasteiger partial charge in [0.15, 0.2) is 6.10 Å². The summed E-state index contributed by atoms with van der Waals surface area (Å²) in [5, 5.41) is 9.35. The summed E-state index contributed by atoms with van der Waals surface area (Å²) in [6.07, 6.45) is -0.985. The molecule has 5 nitrogen and oxygen atoms in total. The van der Waals surface area contributed by atoms with Crippen LogP contribution in [0.25, 0.3) is 0 Å². The zero-order chi connectivity index (χ0) is 16.4. The molecule has 0 saturated heterocycles. The summed E-state index contributed by atoms with van der Waals surface area (Å²) in [4.78, 5) is 16.2. The molecular weight excluding hydrogens is 292 g/mol. The van der Waals surface area contributed by atoms with Gasteiger partial charge in [-0.15, -0.1) is 0 Å². The third-order valence-electron chi connectivity index (χ3n) is 2.84. The van der Waals surface area contributed by atoms with Crippen LogP contribution in [-0.4, -0.2) is 23.7 Å². The average Bonchev–Trinajstić information content (AvgIpc) is 2.39. The van der Waals surface area contributed by atoms with E-state index in [9.17, 15) is 4.79 Å². The van der Waals surface area contributed by atoms with E-state index in [1.165, 1.54) is 7.11 Å². The van der Waals surface area contributed by atoms with Gasteiger partial charge in [-0.25, -0.2) is 9.78 Å². The number of nitrogens with zero attached hydrogens (tertiary/aromatic N) is 2. The second-order valence-electron chi connectivity index (χ2n) is 5.64. The first-order chi connectivity index (χ1) is 9.62. The van der Waals surface area contributed by atoms with E-state index in [-0.39, 0.29) is 5.69 Å². The predicted molar refractivity (Wildman–Crippen MR) is 79.0 cm³/mol. The lowest BCUT2D eigenvalue weighted by Crippen LogP contribution is -2.29. The van der Waals surface area contributed by atoms with Gasteiger partial charge in [-0.05, 0) is 34.6 Å². The monoisotopic (exact) mass is 310 g/mol. The van der Waals surface area contributed by atoms with Gasteiger partial charge < -0.3 is 9.47 Å². The Hall–Kier alpha value is -1.64. The Morgan fingerprint density at radius 3 is 2.38 bits per heavy atom. The highest BCUT2D eigenvalue weighted by atomic mass is 35.5. The quantitative estimate of drug-likeness (QED) is 0.801. The van der Waals surface area contributed by atoms with Crippen LogP contribution in [0, 0.1) is 25.2 Å². The standard InChI is InChI=1S/C15H19ClN2O3/c1-8-10(7-17)18-9(2)11(12(8)16)13(14(19)20-6)21-15(3,4)5/h13H,1-6H3/t13-/m0/s1. The van der Waals surface area contributed by atoms with E-state index in [1.54, 1.807) is 13.8 Å². The largest absolute Gasteiger partial charge is 0.467 e. The van der Waals surface area contributed by atoms with Crippen molar-refractivity contribution in [1.29, 1.82) is 5.26 Å². The maximum Gasteiger partial charge on any atom is 0.339 e. The summed E-state index contributed by atoms with van der Waals surface area (Å²) in [6, 6.07) is 1.98. The molecule has 6 heteroatoms. The minimum Gasteiger partial charge on any atom is -0.467 e. The minimum absolute atomic E-state index is 0.237. The van der Waals surface area contributed by atoms with E-state index in [2.05, 4.69) is 4.98 Å². The van der Waals surface area contributed by atoms with Gasteiger partial charge in [0.1, 0.15) is 11.8 Å². The van der Waals surface area contributed by atoms with Crippen molar-refractivity contribution < 1.29 is 14.3 Å². The molecule has 1 atom stereocenters. The number of hydrogen-bond donors (Lipinski definition) is 0. The van der Waals surface area contributed by atoms with Crippen molar-refractivity contribution in [3.63, 3.8) is 0 Å². The van der Waals surface area contributed by atoms with Crippen molar-refractivity contribution in [2.75, 3.05) is 7.11 Å². The topological polar surface area (TPSA) is 72.2 Å². The fourth-order valence-electron chi connectivity index (χ4n) is 1.88. The molecule has 0 N–H and O–H groups in total. The van der Waals surface area contributed by atoms with Gasteiger partial charge in [0.25, 0.3) is 0 Å². The van der Waals surface area contributed by atoms with Gasteiger partial charge in [0, 0.05) is 16.8 Å². The van der Waals surface area contributed by atoms with Gasteiger partial charge in [-0.2, -0.15) is 5.26 Å². The Balaban J connectivity index is 3.49. The van der Waals surface area contributed by atoms with Gasteiger partial charge in [0.05, 0.1) is 17.7 Å². The van der Waals surface area contributed by atoms with Crippen molar-refractivity contribution >= 4 is 17.6 Å². The molecule has 0 aliphatic rings. The predicted octanol–water partition coefficient (Wildman–Crippen LogP) is 3.25. The van der Waals surface area contributed by atoms with Crippen LogP contribution in [0.2, 0.25) is 5.02 Å². The number of rotatable bonds is 3. The second kappa shape index (κ2) is 6.42. The molecule has 1 rings (SSSR count). The second-order valence-corrected chi connectivity index (χ2v) is 6.02. The fourth-order valence-corrected chi connectivity index (χ4v) is 2.20. The van der Waals surface area contributed by atoms with Crippen LogP contribution in [-0.2, 0) is 14.3 Å². The summed E-state index contributed by atoms with van der Waals surface area (Å²) < 4.78 is 10.6. The minimum atomic E-state index is -0.985. The highest BCUT2D eigenvalue weighted by Crippen LogP contribution is 2.34. The maximum atomic E-state index is 12.1. The Morgan fingerprint density at radius 1 is 1.38 bits per heavy atom. The fraction of sp³-hybridized carbons (Fsp3) is 0.533. The zero-order valence-corrected chi connectivity index (χ0v) is 13.8. The number of halogens is 1. The molecule has 114 valence electrons. The molecule has 0 aromatic carbocycles. The lowest BCUT2D eigenvalue weighted by molar-refractivity contribution is -0.164. The Morgan fingerprint density at radius 2 is 1.95 bits per heavy atom. The lowest BCUT2D eigenvalue weighted by atomic mass is 10.0. The third-order valence-corrected chi connectivity index (χ3v) is 3.33. The lowest BCUT2D eigenvalue weighted by Gasteiger charge is -2.27. The Kier molecular flexibility index (Phi) is 5.32. The SMILES string of the molecule is COC(=O)[C@@H](OC(C)(C)C)c1c(C)nc(C#N)c(C)c1Cl. The van der Waals surface area contributed by atoms with E-state index in [0.29, 0.717) is 21.8 Å². The number of methoxy groups -OCH3 is 1. The number of hydrogen-bond acceptors (Lipinski definition) is 5. The van der Waals surface area contributed by atoms with E-state index >= 15 is 0 Å². The Labute approximate surface area is 129 Å². The van der Waals surface area contributed by atoms with Crippen molar-refractivity contribution in [2.24, 2.45) is 0 Å². The summed E-state index contributed by atoms with van der Waals surface area (Å²) in [7, 11) is 1.29. The van der Waals surface area contributed by atoms with Gasteiger partial charge >= 0.3 is 5.97 Å². The highest BCUT2D eigenvalue weighted by Gasteiger charge is 2.32. The average molecular weight is 311 g/mol. The van der Waals surface area contributed by atoms with Crippen LogP contribution in [0.15, 0.2) is 0 Å². The van der Waals surface area contributed by atoms with Crippen molar-refractivity contribution in [3.8, 4) is 6.07 Å². The molecule has 0 saturated carbocycles. The highest BCUT2D eigenvalue weighted by molar-refractivity contribution is 6.32. The number of ether oxygens (including phenoxy) is 2. The van der Waals surface area contributed by atoms with Crippen molar-refractivity contribution in [3.05, 3.63) is 27.5 Å². The van der Waals surface area contributed by atoms with E-state index < -0.39 is 17.7 Å². The van der Waals surface area contributed by atoms with Crippen LogP contribution in [0.5, 0.6) is 0 Å². The molecule has 0 amide bonds.